The number of nitrogens with zero attached hydrogens (tertiary/aromatic N) is 2. The number of esters is 1. The molecule has 0 saturated heterocycles. The third-order valence-corrected chi connectivity index (χ3v) is 3.11. The zero-order valence-corrected chi connectivity index (χ0v) is 12.8. The molecule has 2 aromatic rings. The summed E-state index contributed by atoms with van der Waals surface area (Å²) in [6, 6.07) is 5.20. The molecule has 1 amide bonds. The van der Waals surface area contributed by atoms with Gasteiger partial charge in [-0.25, -0.2) is 4.79 Å². The van der Waals surface area contributed by atoms with E-state index in [4.69, 9.17) is 4.74 Å². The fraction of sp³-hybridized carbons (Fsp3) is 0.133. The number of aromatic nitrogens is 1. The second-order valence-electron chi connectivity index (χ2n) is 4.51. The van der Waals surface area contributed by atoms with Gasteiger partial charge in [-0.15, -0.1) is 0 Å². The maximum Gasteiger partial charge on any atom is 0.341 e. The first-order valence-electron chi connectivity index (χ1n) is 6.64. The van der Waals surface area contributed by atoms with Crippen LogP contribution >= 0.6 is 0 Å². The number of rotatable bonds is 5. The molecule has 0 radical (unpaired) electrons. The van der Waals surface area contributed by atoms with Crippen LogP contribution in [-0.2, 0) is 4.74 Å². The van der Waals surface area contributed by atoms with Gasteiger partial charge in [-0.2, -0.15) is 0 Å². The van der Waals surface area contributed by atoms with Crippen molar-refractivity contribution in [3.05, 3.63) is 57.9 Å². The van der Waals surface area contributed by atoms with E-state index in [1.807, 2.05) is 0 Å². The third kappa shape index (κ3) is 3.46. The van der Waals surface area contributed by atoms with Crippen LogP contribution in [0.15, 0.2) is 36.7 Å². The van der Waals surface area contributed by atoms with E-state index in [-0.39, 0.29) is 28.3 Å². The highest BCUT2D eigenvalue weighted by molar-refractivity contribution is 6.08. The van der Waals surface area contributed by atoms with Gasteiger partial charge in [-0.1, -0.05) is 0 Å². The summed E-state index contributed by atoms with van der Waals surface area (Å²) in [6.07, 6.45) is 2.64. The number of benzene rings is 1. The largest absolute Gasteiger partial charge is 0.490 e. The van der Waals surface area contributed by atoms with Crippen molar-refractivity contribution in [3.63, 3.8) is 0 Å². The summed E-state index contributed by atoms with van der Waals surface area (Å²) >= 11 is 0. The quantitative estimate of drug-likeness (QED) is 0.505. The topological polar surface area (TPSA) is 121 Å². The number of amides is 1. The van der Waals surface area contributed by atoms with Crippen molar-refractivity contribution < 1.29 is 24.0 Å². The van der Waals surface area contributed by atoms with Crippen LogP contribution in [0.2, 0.25) is 0 Å². The number of hydrogen-bond donors (Lipinski definition) is 1. The molecule has 124 valence electrons. The molecule has 24 heavy (non-hydrogen) atoms. The predicted molar refractivity (Wildman–Crippen MR) is 83.2 cm³/mol. The summed E-state index contributed by atoms with van der Waals surface area (Å²) in [5.74, 6) is -1.26. The fourth-order valence-electron chi connectivity index (χ4n) is 1.94. The van der Waals surface area contributed by atoms with E-state index in [9.17, 15) is 19.7 Å². The van der Waals surface area contributed by atoms with Crippen LogP contribution in [-0.4, -0.2) is 36.0 Å². The van der Waals surface area contributed by atoms with Gasteiger partial charge in [0.05, 0.1) is 24.8 Å². The first kappa shape index (κ1) is 16.9. The van der Waals surface area contributed by atoms with Crippen molar-refractivity contribution in [1.82, 2.24) is 4.98 Å². The third-order valence-electron chi connectivity index (χ3n) is 3.11. The summed E-state index contributed by atoms with van der Waals surface area (Å²) < 4.78 is 9.49. The lowest BCUT2D eigenvalue weighted by atomic mass is 10.1. The molecule has 1 aromatic carbocycles. The Morgan fingerprint density at radius 1 is 1.25 bits per heavy atom. The van der Waals surface area contributed by atoms with Gasteiger partial charge in [0.1, 0.15) is 5.56 Å². The summed E-state index contributed by atoms with van der Waals surface area (Å²) in [6.45, 7) is 0. The zero-order chi connectivity index (χ0) is 17.7. The minimum atomic E-state index is -0.667. The van der Waals surface area contributed by atoms with Gasteiger partial charge in [0.15, 0.2) is 5.75 Å². The standard InChI is InChI=1S/C15H13N3O6/c1-23-13-4-3-9(7-12(13)18(21)22)14(19)17-11-5-6-16-8-10(11)15(20)24-2/h3-8H,1-2H3,(H,16,17,19). The maximum atomic E-state index is 12.3. The maximum absolute atomic E-state index is 12.3. The minimum absolute atomic E-state index is 0.0372. The first-order chi connectivity index (χ1) is 11.5. The second-order valence-corrected chi connectivity index (χ2v) is 4.51. The Labute approximate surface area is 136 Å². The van der Waals surface area contributed by atoms with E-state index in [0.717, 1.165) is 6.07 Å². The van der Waals surface area contributed by atoms with Crippen molar-refractivity contribution in [2.75, 3.05) is 19.5 Å². The molecule has 0 fully saturated rings. The number of methoxy groups -OCH3 is 2. The molecular weight excluding hydrogens is 318 g/mol. The number of nitro benzene ring substituents is 1. The van der Waals surface area contributed by atoms with E-state index in [2.05, 4.69) is 15.0 Å². The molecule has 0 atom stereocenters. The van der Waals surface area contributed by atoms with Gasteiger partial charge in [0.25, 0.3) is 5.91 Å². The molecule has 0 unspecified atom stereocenters. The van der Waals surface area contributed by atoms with Crippen molar-refractivity contribution in [2.24, 2.45) is 0 Å². The van der Waals surface area contributed by atoms with Gasteiger partial charge in [0, 0.05) is 24.0 Å². The van der Waals surface area contributed by atoms with E-state index in [0.29, 0.717) is 0 Å². The number of pyridine rings is 1. The van der Waals surface area contributed by atoms with E-state index in [1.54, 1.807) is 0 Å². The Morgan fingerprint density at radius 2 is 2.00 bits per heavy atom. The number of ether oxygens (including phenoxy) is 2. The second kappa shape index (κ2) is 7.18. The molecule has 1 aromatic heterocycles. The average molecular weight is 331 g/mol. The van der Waals surface area contributed by atoms with E-state index < -0.39 is 16.8 Å². The lowest BCUT2D eigenvalue weighted by Crippen LogP contribution is -2.16. The van der Waals surface area contributed by atoms with Crippen molar-refractivity contribution in [2.45, 2.75) is 0 Å². The Bertz CT molecular complexity index is 806. The zero-order valence-electron chi connectivity index (χ0n) is 12.8. The number of carbonyl (C=O) groups excluding carboxylic acids is 2. The highest BCUT2D eigenvalue weighted by atomic mass is 16.6. The summed E-state index contributed by atoms with van der Waals surface area (Å²) in [5.41, 5.74) is -0.0557. The van der Waals surface area contributed by atoms with E-state index >= 15 is 0 Å². The number of carbonyl (C=O) groups is 2. The molecule has 9 nitrogen and oxygen atoms in total. The molecule has 0 saturated carbocycles. The van der Waals surface area contributed by atoms with Crippen LogP contribution in [0, 0.1) is 10.1 Å². The Kier molecular flexibility index (Phi) is 5.05. The molecule has 9 heteroatoms. The number of nitro groups is 1. The normalized spacial score (nSPS) is 9.92. The summed E-state index contributed by atoms with van der Waals surface area (Å²) in [4.78, 5) is 38.1. The average Bonchev–Trinajstić information content (AvgIpc) is 2.60. The SMILES string of the molecule is COC(=O)c1cnccc1NC(=O)c1ccc(OC)c([N+](=O)[O-])c1. The van der Waals surface area contributed by atoms with Crippen LogP contribution in [0.25, 0.3) is 0 Å². The van der Waals surface area contributed by atoms with Crippen LogP contribution in [0.3, 0.4) is 0 Å². The molecule has 0 aliphatic heterocycles. The van der Waals surface area contributed by atoms with Gasteiger partial charge in [0.2, 0.25) is 0 Å². The monoisotopic (exact) mass is 331 g/mol. The van der Waals surface area contributed by atoms with Gasteiger partial charge in [-0.3, -0.25) is 19.9 Å². The Morgan fingerprint density at radius 3 is 2.62 bits per heavy atom. The van der Waals surface area contributed by atoms with Crippen LogP contribution in [0.1, 0.15) is 20.7 Å². The lowest BCUT2D eigenvalue weighted by molar-refractivity contribution is -0.385. The lowest BCUT2D eigenvalue weighted by Gasteiger charge is -2.09. The molecule has 1 N–H and O–H groups in total. The van der Waals surface area contributed by atoms with Crippen LogP contribution in [0.4, 0.5) is 11.4 Å². The smallest absolute Gasteiger partial charge is 0.341 e. The Hall–Kier alpha value is -3.49. The van der Waals surface area contributed by atoms with Crippen molar-refractivity contribution >= 4 is 23.3 Å². The molecule has 0 spiro atoms. The number of anilines is 1. The number of hydrogen-bond acceptors (Lipinski definition) is 7. The Balaban J connectivity index is 2.33. The number of nitrogens with one attached hydrogen (secondary N) is 1. The van der Waals surface area contributed by atoms with Crippen molar-refractivity contribution in [1.29, 1.82) is 0 Å². The minimum Gasteiger partial charge on any atom is -0.490 e. The summed E-state index contributed by atoms with van der Waals surface area (Å²) in [5, 5.41) is 13.5. The van der Waals surface area contributed by atoms with Gasteiger partial charge in [-0.05, 0) is 18.2 Å². The van der Waals surface area contributed by atoms with Crippen molar-refractivity contribution in [3.8, 4) is 5.75 Å². The van der Waals surface area contributed by atoms with E-state index in [1.165, 1.54) is 44.8 Å². The highest BCUT2D eigenvalue weighted by Crippen LogP contribution is 2.28. The van der Waals surface area contributed by atoms with Gasteiger partial charge >= 0.3 is 11.7 Å². The molecule has 0 bridgehead atoms. The predicted octanol–water partition coefficient (Wildman–Crippen LogP) is 2.04. The van der Waals surface area contributed by atoms with Gasteiger partial charge < -0.3 is 14.8 Å². The molecule has 0 aliphatic rings. The van der Waals surface area contributed by atoms with Crippen LogP contribution in [0.5, 0.6) is 5.75 Å². The molecule has 0 aliphatic carbocycles. The molecule has 2 rings (SSSR count). The highest BCUT2D eigenvalue weighted by Gasteiger charge is 2.20. The first-order valence-corrected chi connectivity index (χ1v) is 6.64. The fourth-order valence-corrected chi connectivity index (χ4v) is 1.94. The molecular formula is C15H13N3O6. The van der Waals surface area contributed by atoms with Crippen LogP contribution < -0.4 is 10.1 Å². The molecule has 1 heterocycles. The summed E-state index contributed by atoms with van der Waals surface area (Å²) in [7, 11) is 2.50.